The molecule has 272 valence electrons. The third kappa shape index (κ3) is 6.22. The van der Waals surface area contributed by atoms with E-state index in [0.717, 1.165) is 17.1 Å². The van der Waals surface area contributed by atoms with Gasteiger partial charge in [-0.3, -0.25) is 0 Å². The molecule has 0 radical (unpaired) electrons. The summed E-state index contributed by atoms with van der Waals surface area (Å²) in [6.07, 6.45) is 0. The van der Waals surface area contributed by atoms with Crippen LogP contribution in [0.5, 0.6) is 0 Å². The first-order chi connectivity index (χ1) is 27.9. The summed E-state index contributed by atoms with van der Waals surface area (Å²) < 4.78 is 0. The molecule has 1 aliphatic carbocycles. The van der Waals surface area contributed by atoms with E-state index in [4.69, 9.17) is 0 Å². The van der Waals surface area contributed by atoms with Crippen LogP contribution in [0.3, 0.4) is 0 Å². The van der Waals surface area contributed by atoms with Crippen molar-refractivity contribution >= 4 is 27.8 Å². The maximum absolute atomic E-state index is 2.42. The van der Waals surface area contributed by atoms with Gasteiger partial charge < -0.3 is 4.90 Å². The molecule has 0 unspecified atom stereocenters. The van der Waals surface area contributed by atoms with Crippen LogP contribution in [0.1, 0.15) is 30.5 Å². The number of fused-ring (bicyclic) bond motifs is 4. The Kier molecular flexibility index (Phi) is 8.46. The van der Waals surface area contributed by atoms with E-state index in [0.29, 0.717) is 0 Å². The highest BCUT2D eigenvalue weighted by atomic mass is 15.1. The molecule has 57 heavy (non-hydrogen) atoms. The van der Waals surface area contributed by atoms with Gasteiger partial charge in [0.25, 0.3) is 0 Å². The Hall–Kier alpha value is -6.96. The van der Waals surface area contributed by atoms with Gasteiger partial charge in [0.15, 0.2) is 0 Å². The first-order valence-corrected chi connectivity index (χ1v) is 19.9. The molecule has 0 saturated heterocycles. The summed E-state index contributed by atoms with van der Waals surface area (Å²) in [7, 11) is 0. The number of rotatable bonds is 7. The standard InChI is InChI=1S/C56H43N/c1-38-11-9-16-48(35-38)57(47-30-27-45(28-31-47)51-18-10-15-44-14-7-8-17-50(44)51)49-32-34-53-52-33-29-46(36-54(52)56(2,3)55(53)37-49)43-25-23-42(24-26-43)41-21-19-40(20-22-41)39-12-5-4-6-13-39/h4-37H,1-3H3. The molecule has 0 heterocycles. The molecule has 1 aliphatic rings. The molecule has 0 spiro atoms. The molecule has 10 rings (SSSR count). The lowest BCUT2D eigenvalue weighted by Crippen LogP contribution is -2.16. The van der Waals surface area contributed by atoms with Gasteiger partial charge in [0, 0.05) is 22.5 Å². The molecule has 0 atom stereocenters. The minimum absolute atomic E-state index is 0.173. The van der Waals surface area contributed by atoms with E-state index in [-0.39, 0.29) is 5.41 Å². The quantitative estimate of drug-likeness (QED) is 0.158. The summed E-state index contributed by atoms with van der Waals surface area (Å²) in [5.74, 6) is 0. The summed E-state index contributed by atoms with van der Waals surface area (Å²) in [5, 5.41) is 2.53. The summed E-state index contributed by atoms with van der Waals surface area (Å²) in [6.45, 7) is 6.93. The average molecular weight is 730 g/mol. The van der Waals surface area contributed by atoms with Gasteiger partial charge in [0.1, 0.15) is 0 Å². The van der Waals surface area contributed by atoms with Crippen molar-refractivity contribution in [3.05, 3.63) is 223 Å². The van der Waals surface area contributed by atoms with Gasteiger partial charge in [0.2, 0.25) is 0 Å². The van der Waals surface area contributed by atoms with Crippen LogP contribution in [0, 0.1) is 6.92 Å². The Bertz CT molecular complexity index is 2890. The highest BCUT2D eigenvalue weighted by Gasteiger charge is 2.36. The van der Waals surface area contributed by atoms with Crippen molar-refractivity contribution in [1.29, 1.82) is 0 Å². The Labute approximate surface area is 336 Å². The topological polar surface area (TPSA) is 3.24 Å². The fourth-order valence-corrected chi connectivity index (χ4v) is 8.87. The van der Waals surface area contributed by atoms with Crippen molar-refractivity contribution < 1.29 is 0 Å². The van der Waals surface area contributed by atoms with Crippen molar-refractivity contribution in [3.8, 4) is 55.6 Å². The second-order valence-electron chi connectivity index (χ2n) is 15.9. The molecular weight excluding hydrogens is 687 g/mol. The highest BCUT2D eigenvalue weighted by Crippen LogP contribution is 2.52. The van der Waals surface area contributed by atoms with Crippen LogP contribution in [0.2, 0.25) is 0 Å². The minimum Gasteiger partial charge on any atom is -0.310 e. The average Bonchev–Trinajstić information content (AvgIpc) is 3.49. The fraction of sp³-hybridized carbons (Fsp3) is 0.0714. The van der Waals surface area contributed by atoms with E-state index in [1.165, 1.54) is 83.1 Å². The smallest absolute Gasteiger partial charge is 0.0465 e. The van der Waals surface area contributed by atoms with Crippen LogP contribution in [0.4, 0.5) is 17.1 Å². The largest absolute Gasteiger partial charge is 0.310 e. The van der Waals surface area contributed by atoms with Crippen LogP contribution >= 0.6 is 0 Å². The van der Waals surface area contributed by atoms with Crippen molar-refractivity contribution in [2.75, 3.05) is 4.90 Å². The number of hydrogen-bond acceptors (Lipinski definition) is 1. The first-order valence-electron chi connectivity index (χ1n) is 19.9. The Balaban J connectivity index is 0.964. The minimum atomic E-state index is -0.173. The highest BCUT2D eigenvalue weighted by molar-refractivity contribution is 5.97. The second-order valence-corrected chi connectivity index (χ2v) is 15.9. The van der Waals surface area contributed by atoms with Crippen LogP contribution in [0.25, 0.3) is 66.4 Å². The van der Waals surface area contributed by atoms with Gasteiger partial charge in [-0.15, -0.1) is 0 Å². The third-order valence-electron chi connectivity index (χ3n) is 11.9. The fourth-order valence-electron chi connectivity index (χ4n) is 8.87. The number of hydrogen-bond donors (Lipinski definition) is 0. The predicted octanol–water partition coefficient (Wildman–Crippen LogP) is 15.6. The van der Waals surface area contributed by atoms with Crippen LogP contribution < -0.4 is 4.90 Å². The molecule has 0 bridgehead atoms. The number of aryl methyl sites for hydroxylation is 1. The maximum Gasteiger partial charge on any atom is 0.0465 e. The predicted molar refractivity (Wildman–Crippen MR) is 243 cm³/mol. The normalized spacial score (nSPS) is 12.6. The van der Waals surface area contributed by atoms with E-state index < -0.39 is 0 Å². The van der Waals surface area contributed by atoms with E-state index in [2.05, 4.69) is 232 Å². The zero-order valence-corrected chi connectivity index (χ0v) is 32.6. The summed E-state index contributed by atoms with van der Waals surface area (Å²) in [6, 6.07) is 75.7. The molecule has 1 heteroatoms. The van der Waals surface area contributed by atoms with E-state index in [9.17, 15) is 0 Å². The number of benzene rings is 9. The van der Waals surface area contributed by atoms with Crippen LogP contribution in [-0.4, -0.2) is 0 Å². The lowest BCUT2D eigenvalue weighted by molar-refractivity contribution is 0.660. The monoisotopic (exact) mass is 729 g/mol. The zero-order chi connectivity index (χ0) is 38.5. The first kappa shape index (κ1) is 34.5. The van der Waals surface area contributed by atoms with Crippen LogP contribution in [0.15, 0.2) is 206 Å². The Morgan fingerprint density at radius 2 is 0.825 bits per heavy atom. The summed E-state index contributed by atoms with van der Waals surface area (Å²) in [4.78, 5) is 2.40. The summed E-state index contributed by atoms with van der Waals surface area (Å²) >= 11 is 0. The molecule has 0 fully saturated rings. The molecule has 9 aromatic carbocycles. The Morgan fingerprint density at radius 1 is 0.333 bits per heavy atom. The molecule has 0 N–H and O–H groups in total. The van der Waals surface area contributed by atoms with E-state index >= 15 is 0 Å². The number of anilines is 3. The molecule has 1 nitrogen and oxygen atoms in total. The lowest BCUT2D eigenvalue weighted by Gasteiger charge is -2.28. The van der Waals surface area contributed by atoms with E-state index in [1.54, 1.807) is 0 Å². The summed E-state index contributed by atoms with van der Waals surface area (Å²) in [5.41, 5.74) is 19.7. The molecule has 0 aromatic heterocycles. The second kappa shape index (κ2) is 14.0. The van der Waals surface area contributed by atoms with Gasteiger partial charge in [-0.1, -0.05) is 178 Å². The van der Waals surface area contributed by atoms with Gasteiger partial charge in [0.05, 0.1) is 0 Å². The van der Waals surface area contributed by atoms with Gasteiger partial charge >= 0.3 is 0 Å². The zero-order valence-electron chi connectivity index (χ0n) is 32.6. The third-order valence-corrected chi connectivity index (χ3v) is 11.9. The van der Waals surface area contributed by atoms with Gasteiger partial charge in [-0.2, -0.15) is 0 Å². The van der Waals surface area contributed by atoms with Crippen molar-refractivity contribution in [2.45, 2.75) is 26.2 Å². The van der Waals surface area contributed by atoms with E-state index in [1.807, 2.05) is 0 Å². The number of nitrogens with zero attached hydrogens (tertiary/aromatic N) is 1. The van der Waals surface area contributed by atoms with Crippen LogP contribution in [-0.2, 0) is 5.41 Å². The van der Waals surface area contributed by atoms with Gasteiger partial charge in [-0.05, 0) is 132 Å². The van der Waals surface area contributed by atoms with Crippen molar-refractivity contribution in [3.63, 3.8) is 0 Å². The molecular formula is C56H43N. The lowest BCUT2D eigenvalue weighted by atomic mass is 9.81. The molecule has 9 aromatic rings. The SMILES string of the molecule is Cc1cccc(N(c2ccc(-c3cccc4ccccc34)cc2)c2ccc3c(c2)C(C)(C)c2cc(-c4ccc(-c5ccc(-c6ccccc6)cc5)cc4)ccc2-3)c1. The molecule has 0 aliphatic heterocycles. The van der Waals surface area contributed by atoms with Gasteiger partial charge in [-0.25, -0.2) is 0 Å². The van der Waals surface area contributed by atoms with Crippen molar-refractivity contribution in [1.82, 2.24) is 0 Å². The maximum atomic E-state index is 2.42. The van der Waals surface area contributed by atoms with Crippen molar-refractivity contribution in [2.24, 2.45) is 0 Å². The molecule has 0 saturated carbocycles. The molecule has 0 amide bonds. The Morgan fingerprint density at radius 3 is 1.51 bits per heavy atom.